The number of amides is 2. The molecule has 5 nitrogen and oxygen atoms in total. The second-order valence-corrected chi connectivity index (χ2v) is 5.57. The first kappa shape index (κ1) is 13.3. The zero-order valence-corrected chi connectivity index (χ0v) is 11.1. The first-order valence-electron chi connectivity index (χ1n) is 6.74. The van der Waals surface area contributed by atoms with Crippen molar-refractivity contribution in [3.8, 4) is 0 Å². The maximum atomic E-state index is 12.1. The lowest BCUT2D eigenvalue weighted by molar-refractivity contribution is -0.146. The molecule has 1 unspecified atom stereocenters. The molecule has 1 aliphatic heterocycles. The summed E-state index contributed by atoms with van der Waals surface area (Å²) in [6.07, 6.45) is 2.53. The number of carbonyl (C=O) groups excluding carboxylic acids is 2. The number of nitrogens with zero attached hydrogens (tertiary/aromatic N) is 1. The van der Waals surface area contributed by atoms with Crippen LogP contribution in [0.3, 0.4) is 0 Å². The fraction of sp³-hybridized carbons (Fsp3) is 0.846. The predicted molar refractivity (Wildman–Crippen MR) is 66.9 cm³/mol. The van der Waals surface area contributed by atoms with E-state index >= 15 is 0 Å². The Hall–Kier alpha value is -1.10. The molecule has 0 radical (unpaired) electrons. The highest BCUT2D eigenvalue weighted by Gasteiger charge is 2.34. The van der Waals surface area contributed by atoms with Crippen LogP contribution >= 0.6 is 0 Å². The summed E-state index contributed by atoms with van der Waals surface area (Å²) in [5.74, 6) is 0.792. The van der Waals surface area contributed by atoms with Gasteiger partial charge in [0.2, 0.25) is 11.8 Å². The number of carbonyl (C=O) groups is 2. The van der Waals surface area contributed by atoms with Crippen LogP contribution in [0.15, 0.2) is 0 Å². The normalized spacial score (nSPS) is 24.6. The molecular weight excluding hydrogens is 232 g/mol. The number of ether oxygens (including phenoxy) is 1. The van der Waals surface area contributed by atoms with Crippen LogP contribution < -0.4 is 5.32 Å². The maximum absolute atomic E-state index is 12.1. The van der Waals surface area contributed by atoms with E-state index in [-0.39, 0.29) is 30.3 Å². The van der Waals surface area contributed by atoms with E-state index in [1.165, 1.54) is 12.8 Å². The number of piperazine rings is 1. The standard InChI is InChI=1S/C13H22N2O3/c1-9(2)12-13(17)15(7-11(16)14-12)5-6-18-8-10-3-4-10/h9-10,12H,3-8H2,1-2H3,(H,14,16). The highest BCUT2D eigenvalue weighted by Crippen LogP contribution is 2.28. The highest BCUT2D eigenvalue weighted by molar-refractivity contribution is 5.94. The van der Waals surface area contributed by atoms with Crippen LogP contribution in [0.2, 0.25) is 0 Å². The molecule has 2 amide bonds. The van der Waals surface area contributed by atoms with Crippen molar-refractivity contribution in [3.05, 3.63) is 0 Å². The highest BCUT2D eigenvalue weighted by atomic mass is 16.5. The van der Waals surface area contributed by atoms with Gasteiger partial charge < -0.3 is 15.0 Å². The van der Waals surface area contributed by atoms with Crippen LogP contribution in [0.4, 0.5) is 0 Å². The third kappa shape index (κ3) is 3.45. The molecular formula is C13H22N2O3. The average molecular weight is 254 g/mol. The van der Waals surface area contributed by atoms with E-state index in [0.29, 0.717) is 13.2 Å². The third-order valence-electron chi connectivity index (χ3n) is 3.45. The summed E-state index contributed by atoms with van der Waals surface area (Å²) in [6.45, 7) is 5.88. The van der Waals surface area contributed by atoms with Crippen molar-refractivity contribution in [2.24, 2.45) is 11.8 Å². The fourth-order valence-corrected chi connectivity index (χ4v) is 2.08. The second-order valence-electron chi connectivity index (χ2n) is 5.57. The third-order valence-corrected chi connectivity index (χ3v) is 3.45. The van der Waals surface area contributed by atoms with Crippen molar-refractivity contribution < 1.29 is 14.3 Å². The van der Waals surface area contributed by atoms with Crippen molar-refractivity contribution in [3.63, 3.8) is 0 Å². The van der Waals surface area contributed by atoms with E-state index in [0.717, 1.165) is 12.5 Å². The van der Waals surface area contributed by atoms with E-state index in [9.17, 15) is 9.59 Å². The molecule has 18 heavy (non-hydrogen) atoms. The van der Waals surface area contributed by atoms with Crippen LogP contribution in [0.1, 0.15) is 26.7 Å². The van der Waals surface area contributed by atoms with Gasteiger partial charge in [0.25, 0.3) is 0 Å². The predicted octanol–water partition coefficient (Wildman–Crippen LogP) is 0.396. The largest absolute Gasteiger partial charge is 0.379 e. The summed E-state index contributed by atoms with van der Waals surface area (Å²) in [5, 5.41) is 2.74. The van der Waals surface area contributed by atoms with Gasteiger partial charge in [0.05, 0.1) is 13.2 Å². The van der Waals surface area contributed by atoms with Gasteiger partial charge in [-0.3, -0.25) is 9.59 Å². The summed E-state index contributed by atoms with van der Waals surface area (Å²) in [4.78, 5) is 25.3. The molecule has 1 heterocycles. The van der Waals surface area contributed by atoms with Crippen molar-refractivity contribution in [1.29, 1.82) is 0 Å². The maximum Gasteiger partial charge on any atom is 0.245 e. The van der Waals surface area contributed by atoms with Gasteiger partial charge in [-0.2, -0.15) is 0 Å². The summed E-state index contributed by atoms with van der Waals surface area (Å²) in [5.41, 5.74) is 0. The molecule has 1 saturated carbocycles. The van der Waals surface area contributed by atoms with Gasteiger partial charge in [0, 0.05) is 13.2 Å². The Balaban J connectivity index is 1.77. The molecule has 1 saturated heterocycles. The molecule has 2 rings (SSSR count). The molecule has 0 aromatic heterocycles. The lowest BCUT2D eigenvalue weighted by atomic mass is 10.0. The van der Waals surface area contributed by atoms with Crippen LogP contribution in [0.25, 0.3) is 0 Å². The van der Waals surface area contributed by atoms with Crippen molar-refractivity contribution in [1.82, 2.24) is 10.2 Å². The molecule has 1 atom stereocenters. The molecule has 1 aliphatic carbocycles. The number of hydrogen-bond donors (Lipinski definition) is 1. The Morgan fingerprint density at radius 3 is 2.72 bits per heavy atom. The van der Waals surface area contributed by atoms with Crippen molar-refractivity contribution >= 4 is 11.8 Å². The summed E-state index contributed by atoms with van der Waals surface area (Å²) in [7, 11) is 0. The Labute approximate surface area is 108 Å². The summed E-state index contributed by atoms with van der Waals surface area (Å²) < 4.78 is 5.51. The Morgan fingerprint density at radius 2 is 2.11 bits per heavy atom. The first-order valence-corrected chi connectivity index (χ1v) is 6.74. The topological polar surface area (TPSA) is 58.6 Å². The Bertz CT molecular complexity index is 326. The molecule has 2 aliphatic rings. The van der Waals surface area contributed by atoms with E-state index in [4.69, 9.17) is 4.74 Å². The fourth-order valence-electron chi connectivity index (χ4n) is 2.08. The van der Waals surface area contributed by atoms with Crippen molar-refractivity contribution in [2.45, 2.75) is 32.7 Å². The van der Waals surface area contributed by atoms with Gasteiger partial charge in [-0.25, -0.2) is 0 Å². The molecule has 0 bridgehead atoms. The lowest BCUT2D eigenvalue weighted by Crippen LogP contribution is -2.60. The minimum atomic E-state index is -0.380. The van der Waals surface area contributed by atoms with Crippen LogP contribution in [-0.4, -0.2) is 49.1 Å². The minimum Gasteiger partial charge on any atom is -0.379 e. The Kier molecular flexibility index (Phi) is 4.22. The van der Waals surface area contributed by atoms with Crippen molar-refractivity contribution in [2.75, 3.05) is 26.3 Å². The molecule has 0 spiro atoms. The minimum absolute atomic E-state index is 0.0135. The van der Waals surface area contributed by atoms with Gasteiger partial charge in [0.15, 0.2) is 0 Å². The number of nitrogens with one attached hydrogen (secondary N) is 1. The molecule has 0 aromatic rings. The van der Waals surface area contributed by atoms with E-state index in [1.807, 2.05) is 13.8 Å². The average Bonchev–Trinajstić information content (AvgIpc) is 3.12. The first-order chi connectivity index (χ1) is 8.58. The zero-order valence-electron chi connectivity index (χ0n) is 11.1. The van der Waals surface area contributed by atoms with Crippen LogP contribution in [-0.2, 0) is 14.3 Å². The van der Waals surface area contributed by atoms with Gasteiger partial charge in [-0.1, -0.05) is 13.8 Å². The molecule has 102 valence electrons. The Morgan fingerprint density at radius 1 is 1.39 bits per heavy atom. The molecule has 1 N–H and O–H groups in total. The van der Waals surface area contributed by atoms with Crippen LogP contribution in [0, 0.1) is 11.8 Å². The second kappa shape index (κ2) is 5.69. The van der Waals surface area contributed by atoms with E-state index < -0.39 is 0 Å². The number of rotatable bonds is 6. The summed E-state index contributed by atoms with van der Waals surface area (Å²) >= 11 is 0. The SMILES string of the molecule is CC(C)C1NC(=O)CN(CCOCC2CC2)C1=O. The van der Waals surface area contributed by atoms with Gasteiger partial charge in [-0.15, -0.1) is 0 Å². The van der Waals surface area contributed by atoms with Gasteiger partial charge >= 0.3 is 0 Å². The quantitative estimate of drug-likeness (QED) is 0.698. The van der Waals surface area contributed by atoms with E-state index in [1.54, 1.807) is 4.90 Å². The molecule has 2 fully saturated rings. The molecule has 0 aromatic carbocycles. The smallest absolute Gasteiger partial charge is 0.245 e. The monoisotopic (exact) mass is 254 g/mol. The summed E-state index contributed by atoms with van der Waals surface area (Å²) in [6, 6.07) is -0.380. The van der Waals surface area contributed by atoms with Crippen LogP contribution in [0.5, 0.6) is 0 Å². The van der Waals surface area contributed by atoms with E-state index in [2.05, 4.69) is 5.32 Å². The zero-order chi connectivity index (χ0) is 13.1. The molecule has 5 heteroatoms. The van der Waals surface area contributed by atoms with Gasteiger partial charge in [-0.05, 0) is 24.7 Å². The number of hydrogen-bond acceptors (Lipinski definition) is 3. The lowest BCUT2D eigenvalue weighted by Gasteiger charge is -2.34. The van der Waals surface area contributed by atoms with Gasteiger partial charge in [0.1, 0.15) is 6.04 Å².